The van der Waals surface area contributed by atoms with Crippen LogP contribution in [0.15, 0.2) is 34.6 Å². The average molecular weight is 530 g/mol. The molecule has 0 fully saturated rings. The van der Waals surface area contributed by atoms with Crippen molar-refractivity contribution < 1.29 is 9.53 Å². The SMILES string of the molecule is CN=C(NCCCN1C(=O)COc2ccccc21)NCc1csc(N(C)C)n1.I. The molecular weight excluding hydrogens is 503 g/mol. The van der Waals surface area contributed by atoms with Crippen LogP contribution < -0.4 is 25.2 Å². The number of para-hydroxylation sites is 2. The third-order valence-electron chi connectivity index (χ3n) is 4.24. The summed E-state index contributed by atoms with van der Waals surface area (Å²) in [6, 6.07) is 7.63. The Morgan fingerprint density at radius 3 is 2.86 bits per heavy atom. The number of nitrogens with one attached hydrogen (secondary N) is 2. The summed E-state index contributed by atoms with van der Waals surface area (Å²) < 4.78 is 5.47. The van der Waals surface area contributed by atoms with Crippen molar-refractivity contribution in [1.82, 2.24) is 15.6 Å². The maximum absolute atomic E-state index is 12.2. The lowest BCUT2D eigenvalue weighted by Crippen LogP contribution is -2.42. The maximum Gasteiger partial charge on any atom is 0.265 e. The van der Waals surface area contributed by atoms with Crippen molar-refractivity contribution in [2.75, 3.05) is 50.6 Å². The Bertz CT molecular complexity index is 842. The number of halogens is 1. The van der Waals surface area contributed by atoms with E-state index in [0.717, 1.165) is 28.7 Å². The van der Waals surface area contributed by atoms with E-state index in [1.54, 1.807) is 23.3 Å². The Labute approximate surface area is 192 Å². The molecule has 1 aliphatic heterocycles. The Balaban J connectivity index is 0.00000300. The standard InChI is InChI=1S/C19H26N6O2S.HI/c1-20-18(22-11-14-13-28-19(23-14)24(2)3)21-9-6-10-25-15-7-4-5-8-16(15)27-12-17(25)26;/h4-5,7-8,13H,6,9-12H2,1-3H3,(H2,20,21,22);1H. The minimum atomic E-state index is -0.0126. The van der Waals surface area contributed by atoms with Crippen LogP contribution in [0.4, 0.5) is 10.8 Å². The highest BCUT2D eigenvalue weighted by molar-refractivity contribution is 14.0. The number of carbonyl (C=O) groups is 1. The molecule has 10 heteroatoms. The molecule has 29 heavy (non-hydrogen) atoms. The molecule has 0 spiro atoms. The largest absolute Gasteiger partial charge is 0.482 e. The van der Waals surface area contributed by atoms with Gasteiger partial charge in [0.15, 0.2) is 17.7 Å². The average Bonchev–Trinajstić information content (AvgIpc) is 3.18. The van der Waals surface area contributed by atoms with Crippen LogP contribution in [0.3, 0.4) is 0 Å². The Morgan fingerprint density at radius 2 is 2.14 bits per heavy atom. The van der Waals surface area contributed by atoms with Crippen LogP contribution in [0, 0.1) is 0 Å². The van der Waals surface area contributed by atoms with Crippen LogP contribution in [-0.4, -0.2) is 57.7 Å². The first-order valence-corrected chi connectivity index (χ1v) is 10.0. The van der Waals surface area contributed by atoms with Gasteiger partial charge in [0.1, 0.15) is 5.75 Å². The zero-order chi connectivity index (χ0) is 19.9. The molecule has 0 bridgehead atoms. The lowest BCUT2D eigenvalue weighted by Gasteiger charge is -2.29. The minimum Gasteiger partial charge on any atom is -0.482 e. The fraction of sp³-hybridized carbons (Fsp3) is 0.421. The van der Waals surface area contributed by atoms with Gasteiger partial charge in [-0.2, -0.15) is 0 Å². The first-order chi connectivity index (χ1) is 13.6. The molecule has 1 amide bonds. The van der Waals surface area contributed by atoms with Crippen molar-refractivity contribution in [3.63, 3.8) is 0 Å². The van der Waals surface area contributed by atoms with Crippen molar-refractivity contribution in [3.05, 3.63) is 35.3 Å². The molecule has 2 aromatic rings. The summed E-state index contributed by atoms with van der Waals surface area (Å²) in [4.78, 5) is 24.8. The molecule has 1 aromatic carbocycles. The molecule has 0 radical (unpaired) electrons. The molecule has 0 saturated carbocycles. The normalized spacial score (nSPS) is 13.3. The molecule has 0 aliphatic carbocycles. The number of thiazole rings is 1. The zero-order valence-corrected chi connectivity index (χ0v) is 20.0. The molecule has 1 aliphatic rings. The van der Waals surface area contributed by atoms with Gasteiger partial charge < -0.3 is 25.2 Å². The predicted octanol–water partition coefficient (Wildman–Crippen LogP) is 2.31. The number of hydrogen-bond acceptors (Lipinski definition) is 6. The van der Waals surface area contributed by atoms with Crippen LogP contribution in [0.5, 0.6) is 5.75 Å². The van der Waals surface area contributed by atoms with Crippen molar-refractivity contribution in [2.24, 2.45) is 4.99 Å². The van der Waals surface area contributed by atoms with E-state index in [0.29, 0.717) is 25.6 Å². The lowest BCUT2D eigenvalue weighted by atomic mass is 10.2. The summed E-state index contributed by atoms with van der Waals surface area (Å²) in [7, 11) is 5.70. The molecule has 0 unspecified atom stereocenters. The Morgan fingerprint density at radius 1 is 1.34 bits per heavy atom. The van der Waals surface area contributed by atoms with E-state index in [1.165, 1.54) is 0 Å². The highest BCUT2D eigenvalue weighted by Crippen LogP contribution is 2.31. The zero-order valence-electron chi connectivity index (χ0n) is 16.8. The van der Waals surface area contributed by atoms with Gasteiger partial charge in [0.2, 0.25) is 0 Å². The van der Waals surface area contributed by atoms with Gasteiger partial charge in [0, 0.05) is 39.6 Å². The van der Waals surface area contributed by atoms with Gasteiger partial charge >= 0.3 is 0 Å². The monoisotopic (exact) mass is 530 g/mol. The van der Waals surface area contributed by atoms with E-state index in [9.17, 15) is 4.79 Å². The number of amides is 1. The molecule has 8 nitrogen and oxygen atoms in total. The van der Waals surface area contributed by atoms with E-state index in [4.69, 9.17) is 4.74 Å². The number of rotatable bonds is 7. The third kappa shape index (κ3) is 6.20. The van der Waals surface area contributed by atoms with E-state index < -0.39 is 0 Å². The van der Waals surface area contributed by atoms with Crippen LogP contribution >= 0.6 is 35.3 Å². The van der Waals surface area contributed by atoms with Crippen LogP contribution in [0.25, 0.3) is 0 Å². The van der Waals surface area contributed by atoms with Gasteiger partial charge in [0.05, 0.1) is 17.9 Å². The summed E-state index contributed by atoms with van der Waals surface area (Å²) in [6.07, 6.45) is 0.794. The van der Waals surface area contributed by atoms with Crippen LogP contribution in [0.2, 0.25) is 0 Å². The number of guanidine groups is 1. The second-order valence-corrected chi connectivity index (χ2v) is 7.36. The van der Waals surface area contributed by atoms with E-state index in [2.05, 4.69) is 20.6 Å². The van der Waals surface area contributed by atoms with Gasteiger partial charge in [0.25, 0.3) is 5.91 Å². The van der Waals surface area contributed by atoms with E-state index >= 15 is 0 Å². The fourth-order valence-electron chi connectivity index (χ4n) is 2.82. The number of benzene rings is 1. The minimum absolute atomic E-state index is 0. The number of fused-ring (bicyclic) bond motifs is 1. The topological polar surface area (TPSA) is 82.1 Å². The number of hydrogen-bond donors (Lipinski definition) is 2. The van der Waals surface area contributed by atoms with Gasteiger partial charge in [-0.3, -0.25) is 9.79 Å². The number of carbonyl (C=O) groups excluding carboxylic acids is 1. The predicted molar refractivity (Wildman–Crippen MR) is 129 cm³/mol. The summed E-state index contributed by atoms with van der Waals surface area (Å²) in [5.74, 6) is 1.46. The molecule has 1 aromatic heterocycles. The molecule has 0 saturated heterocycles. The van der Waals surface area contributed by atoms with E-state index in [1.807, 2.05) is 48.6 Å². The van der Waals surface area contributed by atoms with Crippen LogP contribution in [-0.2, 0) is 11.3 Å². The second kappa shape index (κ2) is 11.2. The van der Waals surface area contributed by atoms with Gasteiger partial charge in [-0.05, 0) is 18.6 Å². The molecule has 0 atom stereocenters. The number of anilines is 2. The number of ether oxygens (including phenoxy) is 1. The van der Waals surface area contributed by atoms with Gasteiger partial charge in [-0.1, -0.05) is 12.1 Å². The second-order valence-electron chi connectivity index (χ2n) is 6.52. The third-order valence-corrected chi connectivity index (χ3v) is 5.30. The summed E-state index contributed by atoms with van der Waals surface area (Å²) in [5.41, 5.74) is 1.81. The molecule has 158 valence electrons. The Kier molecular flexibility index (Phi) is 8.96. The van der Waals surface area contributed by atoms with Crippen molar-refractivity contribution in [3.8, 4) is 5.75 Å². The van der Waals surface area contributed by atoms with Crippen molar-refractivity contribution in [2.45, 2.75) is 13.0 Å². The van der Waals surface area contributed by atoms with Crippen molar-refractivity contribution in [1.29, 1.82) is 0 Å². The highest BCUT2D eigenvalue weighted by atomic mass is 127. The number of nitrogens with zero attached hydrogens (tertiary/aromatic N) is 4. The highest BCUT2D eigenvalue weighted by Gasteiger charge is 2.24. The summed E-state index contributed by atoms with van der Waals surface area (Å²) in [6.45, 7) is 2.03. The molecule has 3 rings (SSSR count). The summed E-state index contributed by atoms with van der Waals surface area (Å²) in [5, 5.41) is 9.57. The molecule has 2 heterocycles. The van der Waals surface area contributed by atoms with Crippen LogP contribution in [0.1, 0.15) is 12.1 Å². The molecule has 2 N–H and O–H groups in total. The number of aliphatic imine (C=N–C) groups is 1. The fourth-order valence-corrected chi connectivity index (χ4v) is 3.58. The Hall–Kier alpha value is -2.08. The lowest BCUT2D eigenvalue weighted by molar-refractivity contribution is -0.121. The first-order valence-electron chi connectivity index (χ1n) is 9.17. The van der Waals surface area contributed by atoms with E-state index in [-0.39, 0.29) is 36.5 Å². The quantitative estimate of drug-likeness (QED) is 0.248. The maximum atomic E-state index is 12.2. The summed E-state index contributed by atoms with van der Waals surface area (Å²) >= 11 is 1.62. The molecular formula is C19H27IN6O2S. The first kappa shape index (κ1) is 23.2. The number of aromatic nitrogens is 1. The smallest absolute Gasteiger partial charge is 0.265 e. The van der Waals surface area contributed by atoms with Gasteiger partial charge in [-0.25, -0.2) is 4.98 Å². The van der Waals surface area contributed by atoms with Gasteiger partial charge in [-0.15, -0.1) is 35.3 Å². The van der Waals surface area contributed by atoms with Crippen molar-refractivity contribution >= 4 is 58.0 Å².